The van der Waals surface area contributed by atoms with E-state index in [9.17, 15) is 8.78 Å². The summed E-state index contributed by atoms with van der Waals surface area (Å²) in [4.78, 5) is 0. The molecule has 21 heavy (non-hydrogen) atoms. The van der Waals surface area contributed by atoms with Gasteiger partial charge in [0.2, 0.25) is 0 Å². The number of halogens is 2. The second kappa shape index (κ2) is 7.88. The number of likely N-dealkylation sites (N-methyl/N-ethyl adjacent to an activating group) is 1. The van der Waals surface area contributed by atoms with Crippen molar-refractivity contribution in [3.05, 3.63) is 35.4 Å². The zero-order valence-corrected chi connectivity index (χ0v) is 13.2. The van der Waals surface area contributed by atoms with Crippen molar-refractivity contribution in [1.29, 1.82) is 0 Å². The lowest BCUT2D eigenvalue weighted by Crippen LogP contribution is -2.42. The Kier molecular flexibility index (Phi) is 6.16. The standard InChI is InChI=1S/C18H27F2N/c1-3-13-8-5-6-9-14(13)18(21-4-2)12-15-16(19)10-7-11-17(15)20/h7,10-11,13-14,18,21H,3-6,8-9,12H2,1-2H3. The van der Waals surface area contributed by atoms with Gasteiger partial charge in [-0.3, -0.25) is 0 Å². The molecule has 0 bridgehead atoms. The highest BCUT2D eigenvalue weighted by Crippen LogP contribution is 2.35. The molecule has 0 radical (unpaired) electrons. The van der Waals surface area contributed by atoms with E-state index in [-0.39, 0.29) is 11.6 Å². The first-order valence-corrected chi connectivity index (χ1v) is 8.33. The van der Waals surface area contributed by atoms with Gasteiger partial charge in [0.1, 0.15) is 11.6 Å². The number of nitrogens with one attached hydrogen (secondary N) is 1. The lowest BCUT2D eigenvalue weighted by molar-refractivity contribution is 0.174. The predicted molar refractivity (Wildman–Crippen MR) is 83.3 cm³/mol. The molecule has 0 amide bonds. The molecule has 3 heteroatoms. The molecule has 1 N–H and O–H groups in total. The smallest absolute Gasteiger partial charge is 0.129 e. The van der Waals surface area contributed by atoms with E-state index in [1.807, 2.05) is 0 Å². The molecule has 0 aliphatic heterocycles. The highest BCUT2D eigenvalue weighted by Gasteiger charge is 2.31. The summed E-state index contributed by atoms with van der Waals surface area (Å²) >= 11 is 0. The first-order chi connectivity index (χ1) is 10.2. The second-order valence-corrected chi connectivity index (χ2v) is 6.19. The van der Waals surface area contributed by atoms with Crippen molar-refractivity contribution >= 4 is 0 Å². The summed E-state index contributed by atoms with van der Waals surface area (Å²) in [7, 11) is 0. The molecule has 0 spiro atoms. The van der Waals surface area contributed by atoms with Crippen LogP contribution in [0.2, 0.25) is 0 Å². The van der Waals surface area contributed by atoms with Crippen LogP contribution in [-0.2, 0) is 6.42 Å². The van der Waals surface area contributed by atoms with E-state index in [4.69, 9.17) is 0 Å². The topological polar surface area (TPSA) is 12.0 Å². The first kappa shape index (κ1) is 16.4. The van der Waals surface area contributed by atoms with Crippen LogP contribution in [0.1, 0.15) is 51.5 Å². The van der Waals surface area contributed by atoms with Gasteiger partial charge in [-0.2, -0.15) is 0 Å². The molecule has 1 nitrogen and oxygen atoms in total. The van der Waals surface area contributed by atoms with Crippen LogP contribution in [0.3, 0.4) is 0 Å². The lowest BCUT2D eigenvalue weighted by atomic mass is 9.72. The van der Waals surface area contributed by atoms with Crippen LogP contribution in [0, 0.1) is 23.5 Å². The van der Waals surface area contributed by atoms with Gasteiger partial charge >= 0.3 is 0 Å². The monoisotopic (exact) mass is 295 g/mol. The minimum absolute atomic E-state index is 0.173. The maximum Gasteiger partial charge on any atom is 0.129 e. The lowest BCUT2D eigenvalue weighted by Gasteiger charge is -2.37. The zero-order chi connectivity index (χ0) is 15.2. The molecule has 3 atom stereocenters. The Morgan fingerprint density at radius 1 is 1.14 bits per heavy atom. The van der Waals surface area contributed by atoms with Crippen LogP contribution in [-0.4, -0.2) is 12.6 Å². The van der Waals surface area contributed by atoms with Crippen LogP contribution < -0.4 is 5.32 Å². The van der Waals surface area contributed by atoms with Gasteiger partial charge in [0.25, 0.3) is 0 Å². The van der Waals surface area contributed by atoms with E-state index in [1.165, 1.54) is 43.9 Å². The molecule has 0 aromatic heterocycles. The van der Waals surface area contributed by atoms with Crippen molar-refractivity contribution in [1.82, 2.24) is 5.32 Å². The van der Waals surface area contributed by atoms with Crippen LogP contribution in [0.25, 0.3) is 0 Å². The average molecular weight is 295 g/mol. The molecule has 3 unspecified atom stereocenters. The predicted octanol–water partition coefficient (Wildman–Crippen LogP) is 4.70. The summed E-state index contributed by atoms with van der Waals surface area (Å²) < 4.78 is 27.9. The third kappa shape index (κ3) is 4.03. The largest absolute Gasteiger partial charge is 0.314 e. The van der Waals surface area contributed by atoms with Gasteiger partial charge in [-0.05, 0) is 43.4 Å². The molecule has 118 valence electrons. The van der Waals surface area contributed by atoms with Crippen LogP contribution in [0.4, 0.5) is 8.78 Å². The first-order valence-electron chi connectivity index (χ1n) is 8.33. The van der Waals surface area contributed by atoms with Gasteiger partial charge in [-0.1, -0.05) is 45.6 Å². The van der Waals surface area contributed by atoms with Crippen molar-refractivity contribution < 1.29 is 8.78 Å². The van der Waals surface area contributed by atoms with E-state index in [1.54, 1.807) is 0 Å². The molecule has 1 saturated carbocycles. The molecular formula is C18H27F2N. The van der Waals surface area contributed by atoms with Crippen molar-refractivity contribution in [3.8, 4) is 0 Å². The van der Waals surface area contributed by atoms with Crippen LogP contribution in [0.5, 0.6) is 0 Å². The fourth-order valence-corrected chi connectivity index (χ4v) is 3.86. The molecule has 1 aliphatic carbocycles. The number of benzene rings is 1. The maximum atomic E-state index is 13.9. The molecule has 1 aromatic rings. The molecule has 1 aromatic carbocycles. The molecule has 0 heterocycles. The highest BCUT2D eigenvalue weighted by atomic mass is 19.1. The third-order valence-electron chi connectivity index (χ3n) is 4.96. The number of hydrogen-bond donors (Lipinski definition) is 1. The summed E-state index contributed by atoms with van der Waals surface area (Å²) in [5.74, 6) is 0.379. The van der Waals surface area contributed by atoms with E-state index < -0.39 is 11.6 Å². The van der Waals surface area contributed by atoms with Crippen molar-refractivity contribution in [2.24, 2.45) is 11.8 Å². The fraction of sp³-hybridized carbons (Fsp3) is 0.667. The Morgan fingerprint density at radius 3 is 2.43 bits per heavy atom. The Hall–Kier alpha value is -0.960. The summed E-state index contributed by atoms with van der Waals surface area (Å²) in [6, 6.07) is 4.33. The van der Waals surface area contributed by atoms with Gasteiger partial charge in [-0.15, -0.1) is 0 Å². The van der Waals surface area contributed by atoms with Crippen molar-refractivity contribution in [3.63, 3.8) is 0 Å². The third-order valence-corrected chi connectivity index (χ3v) is 4.96. The second-order valence-electron chi connectivity index (χ2n) is 6.19. The summed E-state index contributed by atoms with van der Waals surface area (Å²) in [6.07, 6.45) is 6.57. The number of hydrogen-bond acceptors (Lipinski definition) is 1. The Balaban J connectivity index is 2.18. The average Bonchev–Trinajstić information content (AvgIpc) is 2.50. The van der Waals surface area contributed by atoms with Gasteiger partial charge in [0, 0.05) is 11.6 Å². The van der Waals surface area contributed by atoms with E-state index in [2.05, 4.69) is 19.2 Å². The fourth-order valence-electron chi connectivity index (χ4n) is 3.86. The Bertz CT molecular complexity index is 427. The highest BCUT2D eigenvalue weighted by molar-refractivity contribution is 5.21. The van der Waals surface area contributed by atoms with Gasteiger partial charge in [0.05, 0.1) is 0 Å². The normalized spacial score (nSPS) is 24.0. The van der Waals surface area contributed by atoms with Crippen LogP contribution >= 0.6 is 0 Å². The molecule has 2 rings (SSSR count). The van der Waals surface area contributed by atoms with E-state index in [0.717, 1.165) is 13.0 Å². The van der Waals surface area contributed by atoms with Crippen LogP contribution in [0.15, 0.2) is 18.2 Å². The quantitative estimate of drug-likeness (QED) is 0.802. The number of rotatable bonds is 6. The summed E-state index contributed by atoms with van der Waals surface area (Å²) in [5, 5.41) is 3.49. The summed E-state index contributed by atoms with van der Waals surface area (Å²) in [5.41, 5.74) is 0.240. The van der Waals surface area contributed by atoms with E-state index >= 15 is 0 Å². The van der Waals surface area contributed by atoms with Gasteiger partial charge in [0.15, 0.2) is 0 Å². The van der Waals surface area contributed by atoms with Crippen molar-refractivity contribution in [2.45, 2.75) is 58.4 Å². The summed E-state index contributed by atoms with van der Waals surface area (Å²) in [6.45, 7) is 5.14. The Morgan fingerprint density at radius 2 is 1.81 bits per heavy atom. The minimum atomic E-state index is -0.415. The molecule has 1 fully saturated rings. The van der Waals surface area contributed by atoms with Gasteiger partial charge < -0.3 is 5.32 Å². The minimum Gasteiger partial charge on any atom is -0.314 e. The van der Waals surface area contributed by atoms with E-state index in [0.29, 0.717) is 18.3 Å². The SMILES string of the molecule is CCNC(Cc1c(F)cccc1F)C1CCCCC1CC. The van der Waals surface area contributed by atoms with Crippen molar-refractivity contribution in [2.75, 3.05) is 6.54 Å². The molecule has 0 saturated heterocycles. The zero-order valence-electron chi connectivity index (χ0n) is 13.2. The Labute approximate surface area is 127 Å². The van der Waals surface area contributed by atoms with Gasteiger partial charge in [-0.25, -0.2) is 8.78 Å². The molecule has 1 aliphatic rings. The molecular weight excluding hydrogens is 268 g/mol. The maximum absolute atomic E-state index is 13.9.